The van der Waals surface area contributed by atoms with Crippen molar-refractivity contribution in [1.82, 2.24) is 4.90 Å². The molecule has 0 aromatic carbocycles. The molecule has 1 aliphatic rings. The third-order valence-electron chi connectivity index (χ3n) is 2.39. The van der Waals surface area contributed by atoms with E-state index >= 15 is 0 Å². The van der Waals surface area contributed by atoms with E-state index in [0.29, 0.717) is 13.0 Å². The lowest BCUT2D eigenvalue weighted by Crippen LogP contribution is -2.40. The first kappa shape index (κ1) is 8.68. The van der Waals surface area contributed by atoms with Crippen LogP contribution in [-0.2, 0) is 9.53 Å². The molecule has 11 heavy (non-hydrogen) atoms. The molecule has 0 amide bonds. The topological polar surface area (TPSA) is 29.5 Å². The van der Waals surface area contributed by atoms with E-state index in [-0.39, 0.29) is 11.8 Å². The van der Waals surface area contributed by atoms with Gasteiger partial charge in [0.15, 0.2) is 0 Å². The van der Waals surface area contributed by atoms with Crippen molar-refractivity contribution < 1.29 is 9.53 Å². The van der Waals surface area contributed by atoms with Crippen molar-refractivity contribution in [2.24, 2.45) is 0 Å². The zero-order valence-electron chi connectivity index (χ0n) is 7.33. The molecule has 0 saturated carbocycles. The molecule has 1 saturated heterocycles. The largest absolute Gasteiger partial charge is 0.359 e. The normalized spacial score (nSPS) is 30.6. The summed E-state index contributed by atoms with van der Waals surface area (Å²) in [4.78, 5) is 12.3. The smallest absolute Gasteiger partial charge is 0.121 e. The lowest BCUT2D eigenvalue weighted by Gasteiger charge is -2.28. The summed E-state index contributed by atoms with van der Waals surface area (Å²) in [5.74, 6) is 0. The van der Waals surface area contributed by atoms with Crippen LogP contribution < -0.4 is 0 Å². The van der Waals surface area contributed by atoms with Gasteiger partial charge >= 0.3 is 0 Å². The molecule has 3 nitrogen and oxygen atoms in total. The molecule has 0 aromatic heterocycles. The number of hydrogen-bond acceptors (Lipinski definition) is 3. The van der Waals surface area contributed by atoms with Crippen LogP contribution in [0.1, 0.15) is 20.3 Å². The quantitative estimate of drug-likeness (QED) is 0.551. The van der Waals surface area contributed by atoms with Gasteiger partial charge in [0, 0.05) is 12.5 Å². The van der Waals surface area contributed by atoms with Crippen LogP contribution >= 0.6 is 0 Å². The van der Waals surface area contributed by atoms with Gasteiger partial charge in [0.05, 0.1) is 6.61 Å². The maximum absolute atomic E-state index is 10.2. The summed E-state index contributed by atoms with van der Waals surface area (Å²) >= 11 is 0. The lowest BCUT2D eigenvalue weighted by molar-refractivity contribution is -0.108. The highest BCUT2D eigenvalue weighted by molar-refractivity contribution is 5.50. The minimum absolute atomic E-state index is 0.201. The van der Waals surface area contributed by atoms with Crippen LogP contribution in [0, 0.1) is 0 Å². The summed E-state index contributed by atoms with van der Waals surface area (Å²) in [7, 11) is 1.99. The Morgan fingerprint density at radius 3 is 2.73 bits per heavy atom. The number of rotatable bonds is 2. The van der Waals surface area contributed by atoms with E-state index in [2.05, 4.69) is 4.90 Å². The maximum Gasteiger partial charge on any atom is 0.121 e. The summed E-state index contributed by atoms with van der Waals surface area (Å²) in [5, 5.41) is 0. The zero-order chi connectivity index (χ0) is 8.48. The molecule has 1 rings (SSSR count). The molecule has 0 N–H and O–H groups in total. The van der Waals surface area contributed by atoms with Crippen molar-refractivity contribution in [3.63, 3.8) is 0 Å². The van der Waals surface area contributed by atoms with Gasteiger partial charge in [-0.2, -0.15) is 0 Å². The summed E-state index contributed by atoms with van der Waals surface area (Å²) in [6.07, 6.45) is 1.52. The fourth-order valence-electron chi connectivity index (χ4n) is 1.29. The molecule has 1 fully saturated rings. The molecule has 64 valence electrons. The van der Waals surface area contributed by atoms with Crippen LogP contribution in [0.15, 0.2) is 0 Å². The monoisotopic (exact) mass is 157 g/mol. The van der Waals surface area contributed by atoms with E-state index in [1.54, 1.807) is 0 Å². The number of aldehydes is 1. The van der Waals surface area contributed by atoms with Gasteiger partial charge in [-0.1, -0.05) is 0 Å². The van der Waals surface area contributed by atoms with E-state index in [1.165, 1.54) is 0 Å². The van der Waals surface area contributed by atoms with E-state index < -0.39 is 0 Å². The Hall–Kier alpha value is -0.410. The SMILES string of the molecule is CN1[C@H](CC=O)COC1(C)C. The highest BCUT2D eigenvalue weighted by Crippen LogP contribution is 2.25. The fourth-order valence-corrected chi connectivity index (χ4v) is 1.29. The van der Waals surface area contributed by atoms with Crippen molar-refractivity contribution >= 4 is 6.29 Å². The lowest BCUT2D eigenvalue weighted by atomic mass is 10.2. The second kappa shape index (κ2) is 2.91. The number of nitrogens with zero attached hydrogens (tertiary/aromatic N) is 1. The molecule has 0 radical (unpaired) electrons. The van der Waals surface area contributed by atoms with Crippen LogP contribution in [-0.4, -0.2) is 36.6 Å². The first-order chi connectivity index (χ1) is 5.08. The van der Waals surface area contributed by atoms with Crippen LogP contribution in [0.5, 0.6) is 0 Å². The number of carbonyl (C=O) groups is 1. The number of carbonyl (C=O) groups excluding carboxylic acids is 1. The second-order valence-electron chi connectivity index (χ2n) is 3.42. The van der Waals surface area contributed by atoms with Crippen LogP contribution in [0.4, 0.5) is 0 Å². The first-order valence-electron chi connectivity index (χ1n) is 3.88. The van der Waals surface area contributed by atoms with Crippen molar-refractivity contribution in [2.45, 2.75) is 32.0 Å². The van der Waals surface area contributed by atoms with Gasteiger partial charge in [-0.25, -0.2) is 0 Å². The molecular weight excluding hydrogens is 142 g/mol. The Kier molecular flexibility index (Phi) is 2.30. The van der Waals surface area contributed by atoms with E-state index in [1.807, 2.05) is 20.9 Å². The van der Waals surface area contributed by atoms with Gasteiger partial charge in [0.25, 0.3) is 0 Å². The minimum atomic E-state index is -0.201. The second-order valence-corrected chi connectivity index (χ2v) is 3.42. The molecule has 1 aliphatic heterocycles. The van der Waals surface area contributed by atoms with Gasteiger partial charge in [-0.05, 0) is 20.9 Å². The Morgan fingerprint density at radius 1 is 1.73 bits per heavy atom. The van der Waals surface area contributed by atoms with Crippen molar-refractivity contribution in [2.75, 3.05) is 13.7 Å². The Morgan fingerprint density at radius 2 is 2.36 bits per heavy atom. The third-order valence-corrected chi connectivity index (χ3v) is 2.39. The fraction of sp³-hybridized carbons (Fsp3) is 0.875. The van der Waals surface area contributed by atoms with E-state index in [4.69, 9.17) is 4.74 Å². The predicted octanol–water partition coefficient (Wildman–Crippen LogP) is 0.642. The Balaban J connectivity index is 2.55. The van der Waals surface area contributed by atoms with Gasteiger partial charge in [0.2, 0.25) is 0 Å². The summed E-state index contributed by atoms with van der Waals surface area (Å²) in [6, 6.07) is 0.266. The van der Waals surface area contributed by atoms with Gasteiger partial charge in [0.1, 0.15) is 12.0 Å². The highest BCUT2D eigenvalue weighted by atomic mass is 16.5. The van der Waals surface area contributed by atoms with Crippen LogP contribution in [0.2, 0.25) is 0 Å². The van der Waals surface area contributed by atoms with Gasteiger partial charge in [-0.15, -0.1) is 0 Å². The highest BCUT2D eigenvalue weighted by Gasteiger charge is 2.36. The first-order valence-corrected chi connectivity index (χ1v) is 3.88. The predicted molar refractivity (Wildman–Crippen MR) is 42.3 cm³/mol. The standard InChI is InChI=1S/C8H15NO2/c1-8(2)9(3)7(4-5-10)6-11-8/h5,7H,4,6H2,1-3H3/t7-/m1/s1. The van der Waals surface area contributed by atoms with Crippen molar-refractivity contribution in [1.29, 1.82) is 0 Å². The molecule has 3 heteroatoms. The molecule has 1 atom stereocenters. The average Bonchev–Trinajstić information content (AvgIpc) is 2.17. The molecule has 0 spiro atoms. The summed E-state index contributed by atoms with van der Waals surface area (Å²) in [5.41, 5.74) is -0.201. The van der Waals surface area contributed by atoms with Crippen LogP contribution in [0.25, 0.3) is 0 Å². The average molecular weight is 157 g/mol. The Bertz CT molecular complexity index is 156. The Labute approximate surface area is 67.3 Å². The van der Waals surface area contributed by atoms with E-state index in [0.717, 1.165) is 6.29 Å². The maximum atomic E-state index is 10.2. The van der Waals surface area contributed by atoms with Crippen molar-refractivity contribution in [3.8, 4) is 0 Å². The minimum Gasteiger partial charge on any atom is -0.359 e. The number of hydrogen-bond donors (Lipinski definition) is 0. The van der Waals surface area contributed by atoms with E-state index in [9.17, 15) is 4.79 Å². The number of ether oxygens (including phenoxy) is 1. The molecule has 0 aliphatic carbocycles. The molecular formula is C8H15NO2. The van der Waals surface area contributed by atoms with Gasteiger partial charge < -0.3 is 9.53 Å². The number of likely N-dealkylation sites (N-methyl/N-ethyl adjacent to an activating group) is 1. The molecule has 1 heterocycles. The third kappa shape index (κ3) is 1.60. The zero-order valence-corrected chi connectivity index (χ0v) is 7.33. The summed E-state index contributed by atoms with van der Waals surface area (Å²) in [6.45, 7) is 4.69. The molecule has 0 aromatic rings. The van der Waals surface area contributed by atoms with Gasteiger partial charge in [-0.3, -0.25) is 4.90 Å². The van der Waals surface area contributed by atoms with Crippen LogP contribution in [0.3, 0.4) is 0 Å². The molecule has 0 unspecified atom stereocenters. The summed E-state index contributed by atoms with van der Waals surface area (Å²) < 4.78 is 5.48. The van der Waals surface area contributed by atoms with Crippen molar-refractivity contribution in [3.05, 3.63) is 0 Å². The molecule has 0 bridgehead atoms.